The van der Waals surface area contributed by atoms with Crippen molar-refractivity contribution in [3.63, 3.8) is 0 Å². The summed E-state index contributed by atoms with van der Waals surface area (Å²) in [4.78, 5) is 24.6. The second-order valence-electron chi connectivity index (χ2n) is 6.46. The minimum absolute atomic E-state index is 0.0979. The molecule has 7 nitrogen and oxygen atoms in total. The molecular weight excluding hydrogens is 382 g/mol. The summed E-state index contributed by atoms with van der Waals surface area (Å²) in [6.45, 7) is 0.555. The predicted molar refractivity (Wildman–Crippen MR) is 115 cm³/mol. The number of amides is 2. The Kier molecular flexibility index (Phi) is 6.89. The maximum absolute atomic E-state index is 12.6. The Morgan fingerprint density at radius 2 is 1.47 bits per heavy atom. The van der Waals surface area contributed by atoms with Gasteiger partial charge in [0.05, 0.1) is 18.4 Å². The summed E-state index contributed by atoms with van der Waals surface area (Å²) in [7, 11) is 1.61. The number of para-hydroxylation sites is 1. The minimum atomic E-state index is -0.272. The van der Waals surface area contributed by atoms with Crippen LogP contribution in [0.2, 0.25) is 0 Å². The highest BCUT2D eigenvalue weighted by Crippen LogP contribution is 2.22. The molecule has 2 amide bonds. The Balaban J connectivity index is 1.53. The van der Waals surface area contributed by atoms with E-state index in [0.29, 0.717) is 16.8 Å². The molecular formula is C23H23N3O4. The molecule has 7 heteroatoms. The molecule has 0 aliphatic rings. The minimum Gasteiger partial charge on any atom is -0.508 e. The number of nitrogens with one attached hydrogen (secondary N) is 3. The maximum atomic E-state index is 12.6. The molecule has 0 saturated carbocycles. The third kappa shape index (κ3) is 5.51. The Hall–Kier alpha value is -4.00. The molecule has 0 aliphatic heterocycles. The van der Waals surface area contributed by atoms with E-state index >= 15 is 0 Å². The average Bonchev–Trinajstić information content (AvgIpc) is 2.78. The lowest BCUT2D eigenvalue weighted by atomic mass is 10.1. The number of phenols is 1. The SMILES string of the molecule is COc1ccc(Nc2ccccc2C(=O)NCCNC(=O)c2ccc(O)cc2)cc1. The zero-order chi connectivity index (χ0) is 21.3. The molecule has 0 radical (unpaired) electrons. The van der Waals surface area contributed by atoms with Crippen LogP contribution in [-0.4, -0.2) is 37.1 Å². The van der Waals surface area contributed by atoms with Gasteiger partial charge in [-0.2, -0.15) is 0 Å². The van der Waals surface area contributed by atoms with Gasteiger partial charge in [-0.25, -0.2) is 0 Å². The molecule has 0 unspecified atom stereocenters. The Bertz CT molecular complexity index is 1000. The van der Waals surface area contributed by atoms with E-state index in [9.17, 15) is 14.7 Å². The average molecular weight is 405 g/mol. The summed E-state index contributed by atoms with van der Waals surface area (Å²) >= 11 is 0. The van der Waals surface area contributed by atoms with Crippen LogP contribution in [0.25, 0.3) is 0 Å². The van der Waals surface area contributed by atoms with Crippen LogP contribution in [0.15, 0.2) is 72.8 Å². The number of carbonyl (C=O) groups excluding carboxylic acids is 2. The van der Waals surface area contributed by atoms with Crippen LogP contribution >= 0.6 is 0 Å². The number of ether oxygens (including phenoxy) is 1. The molecule has 0 fully saturated rings. The Morgan fingerprint density at radius 3 is 2.13 bits per heavy atom. The number of methoxy groups -OCH3 is 1. The molecule has 0 aliphatic carbocycles. The van der Waals surface area contributed by atoms with Gasteiger partial charge in [-0.15, -0.1) is 0 Å². The van der Waals surface area contributed by atoms with Gasteiger partial charge in [-0.3, -0.25) is 9.59 Å². The van der Waals surface area contributed by atoms with Gasteiger partial charge >= 0.3 is 0 Å². The smallest absolute Gasteiger partial charge is 0.253 e. The fraction of sp³-hybridized carbons (Fsp3) is 0.130. The zero-order valence-corrected chi connectivity index (χ0v) is 16.5. The van der Waals surface area contributed by atoms with Crippen molar-refractivity contribution in [3.05, 3.63) is 83.9 Å². The molecule has 0 heterocycles. The number of hydrogen-bond donors (Lipinski definition) is 4. The zero-order valence-electron chi connectivity index (χ0n) is 16.5. The normalized spacial score (nSPS) is 10.2. The van der Waals surface area contributed by atoms with Crippen LogP contribution in [0.1, 0.15) is 20.7 Å². The Labute approximate surface area is 174 Å². The largest absolute Gasteiger partial charge is 0.508 e. The van der Waals surface area contributed by atoms with Crippen LogP contribution in [0.5, 0.6) is 11.5 Å². The molecule has 3 aromatic carbocycles. The molecule has 0 aromatic heterocycles. The lowest BCUT2D eigenvalue weighted by Crippen LogP contribution is -2.34. The van der Waals surface area contributed by atoms with Crippen molar-refractivity contribution in [2.45, 2.75) is 0 Å². The summed E-state index contributed by atoms with van der Waals surface area (Å²) < 4.78 is 5.15. The summed E-state index contributed by atoms with van der Waals surface area (Å²) in [5.41, 5.74) is 2.44. The van der Waals surface area contributed by atoms with E-state index in [4.69, 9.17) is 4.74 Å². The van der Waals surface area contributed by atoms with Gasteiger partial charge in [0.1, 0.15) is 11.5 Å². The van der Waals surface area contributed by atoms with Crippen molar-refractivity contribution in [1.82, 2.24) is 10.6 Å². The van der Waals surface area contributed by atoms with E-state index in [1.807, 2.05) is 36.4 Å². The van der Waals surface area contributed by atoms with Crippen molar-refractivity contribution < 1.29 is 19.4 Å². The number of carbonyl (C=O) groups is 2. The molecule has 0 spiro atoms. The second-order valence-corrected chi connectivity index (χ2v) is 6.46. The number of rotatable bonds is 8. The maximum Gasteiger partial charge on any atom is 0.253 e. The second kappa shape index (κ2) is 9.97. The van der Waals surface area contributed by atoms with Crippen LogP contribution in [0.3, 0.4) is 0 Å². The van der Waals surface area contributed by atoms with E-state index < -0.39 is 0 Å². The highest BCUT2D eigenvalue weighted by atomic mass is 16.5. The van der Waals surface area contributed by atoms with Crippen molar-refractivity contribution in [1.29, 1.82) is 0 Å². The molecule has 0 saturated heterocycles. The fourth-order valence-corrected chi connectivity index (χ4v) is 2.78. The standard InChI is InChI=1S/C23H23N3O4/c1-30-19-12-8-17(9-13-19)26-21-5-3-2-4-20(21)23(29)25-15-14-24-22(28)16-6-10-18(27)11-7-16/h2-13,26-27H,14-15H2,1H3,(H,24,28)(H,25,29). The third-order valence-electron chi connectivity index (χ3n) is 4.37. The van der Waals surface area contributed by atoms with Crippen molar-refractivity contribution >= 4 is 23.2 Å². The molecule has 4 N–H and O–H groups in total. The first-order valence-corrected chi connectivity index (χ1v) is 9.42. The van der Waals surface area contributed by atoms with E-state index in [2.05, 4.69) is 16.0 Å². The van der Waals surface area contributed by atoms with Crippen molar-refractivity contribution in [3.8, 4) is 11.5 Å². The summed E-state index contributed by atoms with van der Waals surface area (Å²) in [6.07, 6.45) is 0. The molecule has 30 heavy (non-hydrogen) atoms. The number of anilines is 2. The lowest BCUT2D eigenvalue weighted by Gasteiger charge is -2.13. The molecule has 154 valence electrons. The van der Waals surface area contributed by atoms with Crippen molar-refractivity contribution in [2.24, 2.45) is 0 Å². The highest BCUT2D eigenvalue weighted by Gasteiger charge is 2.11. The van der Waals surface area contributed by atoms with Gasteiger partial charge in [-0.05, 0) is 60.7 Å². The number of hydrogen-bond acceptors (Lipinski definition) is 5. The van der Waals surface area contributed by atoms with Crippen LogP contribution in [0, 0.1) is 0 Å². The van der Waals surface area contributed by atoms with E-state index in [1.165, 1.54) is 24.3 Å². The summed E-state index contributed by atoms with van der Waals surface area (Å²) in [6, 6.07) is 20.6. The van der Waals surface area contributed by atoms with Crippen molar-refractivity contribution in [2.75, 3.05) is 25.5 Å². The first kappa shape index (κ1) is 20.7. The van der Waals surface area contributed by atoms with Gasteiger partial charge in [0, 0.05) is 24.3 Å². The topological polar surface area (TPSA) is 99.7 Å². The van der Waals surface area contributed by atoms with Gasteiger partial charge in [0.2, 0.25) is 0 Å². The quantitative estimate of drug-likeness (QED) is 0.431. The van der Waals surface area contributed by atoms with E-state index in [-0.39, 0.29) is 30.7 Å². The molecule has 3 aromatic rings. The van der Waals surface area contributed by atoms with Gasteiger partial charge < -0.3 is 25.8 Å². The monoisotopic (exact) mass is 405 g/mol. The van der Waals surface area contributed by atoms with E-state index in [0.717, 1.165) is 11.4 Å². The number of benzene rings is 3. The fourth-order valence-electron chi connectivity index (χ4n) is 2.78. The first-order valence-electron chi connectivity index (χ1n) is 9.42. The predicted octanol–water partition coefficient (Wildman–Crippen LogP) is 3.30. The van der Waals surface area contributed by atoms with E-state index in [1.54, 1.807) is 19.2 Å². The number of phenolic OH excluding ortho intramolecular Hbond substituents is 1. The first-order chi connectivity index (χ1) is 14.6. The summed E-state index contributed by atoms with van der Waals surface area (Å²) in [5.74, 6) is 0.331. The Morgan fingerprint density at radius 1 is 0.833 bits per heavy atom. The number of aromatic hydroxyl groups is 1. The lowest BCUT2D eigenvalue weighted by molar-refractivity contribution is 0.0928. The third-order valence-corrected chi connectivity index (χ3v) is 4.37. The van der Waals surface area contributed by atoms with Crippen LogP contribution < -0.4 is 20.7 Å². The highest BCUT2D eigenvalue weighted by molar-refractivity contribution is 6.00. The van der Waals surface area contributed by atoms with Gasteiger partial charge in [0.15, 0.2) is 0 Å². The van der Waals surface area contributed by atoms with Crippen LogP contribution in [-0.2, 0) is 0 Å². The molecule has 3 rings (SSSR count). The van der Waals surface area contributed by atoms with Gasteiger partial charge in [0.25, 0.3) is 11.8 Å². The molecule has 0 atom stereocenters. The van der Waals surface area contributed by atoms with Crippen LogP contribution in [0.4, 0.5) is 11.4 Å². The molecule has 0 bridgehead atoms. The van der Waals surface area contributed by atoms with Gasteiger partial charge in [-0.1, -0.05) is 12.1 Å². The summed E-state index contributed by atoms with van der Waals surface area (Å²) in [5, 5.41) is 18.0.